The van der Waals surface area contributed by atoms with Crippen LogP contribution in [0.1, 0.15) is 37.8 Å². The van der Waals surface area contributed by atoms with Gasteiger partial charge in [-0.2, -0.15) is 0 Å². The van der Waals surface area contributed by atoms with E-state index in [-0.39, 0.29) is 24.7 Å². The van der Waals surface area contributed by atoms with Crippen LogP contribution in [-0.2, 0) is 0 Å². The minimum absolute atomic E-state index is 0.0527. The van der Waals surface area contributed by atoms with Gasteiger partial charge in [0.25, 0.3) is 0 Å². The van der Waals surface area contributed by atoms with Crippen LogP contribution in [0.4, 0.5) is 4.79 Å². The second kappa shape index (κ2) is 7.52. The molecule has 6 heteroatoms. The minimum Gasteiger partial charge on any atom is -0.492 e. The molecular formula is C15H21ClN2O3. The Labute approximate surface area is 129 Å². The fraction of sp³-hybridized carbons (Fsp3) is 0.533. The summed E-state index contributed by atoms with van der Waals surface area (Å²) in [5.74, 6) is 0.658. The maximum absolute atomic E-state index is 12.0. The van der Waals surface area contributed by atoms with Crippen LogP contribution < -0.4 is 15.4 Å². The molecule has 0 aromatic heterocycles. The topological polar surface area (TPSA) is 70.6 Å². The molecule has 0 fully saturated rings. The van der Waals surface area contributed by atoms with Crippen LogP contribution in [0.5, 0.6) is 5.75 Å². The Kier molecular flexibility index (Phi) is 5.70. The zero-order valence-electron chi connectivity index (χ0n) is 12.1. The largest absolute Gasteiger partial charge is 0.492 e. The Balaban J connectivity index is 2.07. The number of benzene rings is 1. The van der Waals surface area contributed by atoms with Crippen molar-refractivity contribution in [3.8, 4) is 5.75 Å². The van der Waals surface area contributed by atoms with Crippen LogP contribution >= 0.6 is 11.6 Å². The number of urea groups is 1. The van der Waals surface area contributed by atoms with Crippen LogP contribution in [0.2, 0.25) is 5.02 Å². The van der Waals surface area contributed by atoms with Crippen LogP contribution in [0, 0.1) is 0 Å². The van der Waals surface area contributed by atoms with E-state index < -0.39 is 0 Å². The lowest BCUT2D eigenvalue weighted by Crippen LogP contribution is -2.42. The van der Waals surface area contributed by atoms with Gasteiger partial charge in [-0.05, 0) is 32.3 Å². The Morgan fingerprint density at radius 2 is 2.38 bits per heavy atom. The fourth-order valence-corrected chi connectivity index (χ4v) is 2.65. The van der Waals surface area contributed by atoms with Crippen molar-refractivity contribution in [3.63, 3.8) is 0 Å². The van der Waals surface area contributed by atoms with E-state index in [1.165, 1.54) is 0 Å². The Hall–Kier alpha value is -1.46. The molecule has 5 nitrogen and oxygen atoms in total. The zero-order valence-corrected chi connectivity index (χ0v) is 12.8. The zero-order chi connectivity index (χ0) is 15.2. The van der Waals surface area contributed by atoms with Crippen molar-refractivity contribution in [2.24, 2.45) is 0 Å². The summed E-state index contributed by atoms with van der Waals surface area (Å²) in [6, 6.07) is 5.13. The summed E-state index contributed by atoms with van der Waals surface area (Å²) in [5, 5.41) is 15.2. The molecule has 0 aliphatic carbocycles. The lowest BCUT2D eigenvalue weighted by atomic mass is 10.0. The minimum atomic E-state index is -0.242. The number of halogens is 1. The van der Waals surface area contributed by atoms with E-state index in [4.69, 9.17) is 21.4 Å². The molecule has 116 valence electrons. The van der Waals surface area contributed by atoms with Crippen LogP contribution in [-0.4, -0.2) is 30.4 Å². The average molecular weight is 313 g/mol. The van der Waals surface area contributed by atoms with Crippen molar-refractivity contribution >= 4 is 17.6 Å². The predicted octanol–water partition coefficient (Wildman–Crippen LogP) is 2.62. The molecule has 1 aliphatic heterocycles. The quantitative estimate of drug-likeness (QED) is 0.800. The van der Waals surface area contributed by atoms with Gasteiger partial charge in [0.1, 0.15) is 5.75 Å². The molecule has 3 N–H and O–H groups in total. The number of carbonyl (C=O) groups is 1. The average Bonchev–Trinajstić information content (AvgIpc) is 2.63. The van der Waals surface area contributed by atoms with Gasteiger partial charge in [-0.15, -0.1) is 0 Å². The molecule has 1 heterocycles. The van der Waals surface area contributed by atoms with E-state index in [9.17, 15) is 4.79 Å². The first-order chi connectivity index (χ1) is 10.1. The SMILES string of the molecule is CC(CCO)NC(=O)NC1CCCOc2c(Cl)cccc21. The van der Waals surface area contributed by atoms with Crippen molar-refractivity contribution in [3.05, 3.63) is 28.8 Å². The van der Waals surface area contributed by atoms with Crippen LogP contribution in [0.25, 0.3) is 0 Å². The van der Waals surface area contributed by atoms with Crippen molar-refractivity contribution in [2.75, 3.05) is 13.2 Å². The number of amides is 2. The Bertz CT molecular complexity index is 496. The molecule has 2 rings (SSSR count). The van der Waals surface area contributed by atoms with Crippen LogP contribution in [0.15, 0.2) is 18.2 Å². The molecule has 2 amide bonds. The number of nitrogens with one attached hydrogen (secondary N) is 2. The van der Waals surface area contributed by atoms with E-state index in [1.807, 2.05) is 19.1 Å². The number of hydrogen-bond donors (Lipinski definition) is 3. The number of hydrogen-bond acceptors (Lipinski definition) is 3. The highest BCUT2D eigenvalue weighted by Crippen LogP contribution is 2.36. The van der Waals surface area contributed by atoms with Crippen LogP contribution in [0.3, 0.4) is 0 Å². The summed E-state index contributed by atoms with van der Waals surface area (Å²) in [6.07, 6.45) is 2.18. The number of aliphatic hydroxyl groups excluding tert-OH is 1. The number of rotatable bonds is 4. The molecular weight excluding hydrogens is 292 g/mol. The van der Waals surface area contributed by atoms with E-state index in [1.54, 1.807) is 6.07 Å². The normalized spacial score (nSPS) is 18.9. The third-order valence-electron chi connectivity index (χ3n) is 3.50. The second-order valence-corrected chi connectivity index (χ2v) is 5.64. The first-order valence-electron chi connectivity index (χ1n) is 7.21. The molecule has 1 aromatic rings. The highest BCUT2D eigenvalue weighted by atomic mass is 35.5. The molecule has 1 aliphatic rings. The summed E-state index contributed by atoms with van der Waals surface area (Å²) in [6.45, 7) is 2.51. The molecule has 0 saturated carbocycles. The van der Waals surface area contributed by atoms with Gasteiger partial charge in [0.15, 0.2) is 0 Å². The van der Waals surface area contributed by atoms with E-state index in [0.29, 0.717) is 23.8 Å². The molecule has 0 saturated heterocycles. The molecule has 1 aromatic carbocycles. The summed E-state index contributed by atoms with van der Waals surface area (Å²) >= 11 is 6.16. The van der Waals surface area contributed by atoms with Gasteiger partial charge in [0.2, 0.25) is 0 Å². The van der Waals surface area contributed by atoms with Gasteiger partial charge in [0, 0.05) is 18.2 Å². The third kappa shape index (κ3) is 4.25. The molecule has 0 bridgehead atoms. The van der Waals surface area contributed by atoms with Gasteiger partial charge >= 0.3 is 6.03 Å². The molecule has 2 atom stereocenters. The third-order valence-corrected chi connectivity index (χ3v) is 3.80. The maximum Gasteiger partial charge on any atom is 0.315 e. The lowest BCUT2D eigenvalue weighted by molar-refractivity contribution is 0.227. The van der Waals surface area contributed by atoms with Crippen molar-refractivity contribution in [1.82, 2.24) is 10.6 Å². The van der Waals surface area contributed by atoms with Gasteiger partial charge in [0.05, 0.1) is 17.7 Å². The Morgan fingerprint density at radius 3 is 3.14 bits per heavy atom. The van der Waals surface area contributed by atoms with Gasteiger partial charge < -0.3 is 20.5 Å². The van der Waals surface area contributed by atoms with Gasteiger partial charge in [-0.1, -0.05) is 23.7 Å². The summed E-state index contributed by atoms with van der Waals surface area (Å²) in [5.41, 5.74) is 0.907. The van der Waals surface area contributed by atoms with E-state index in [0.717, 1.165) is 18.4 Å². The standard InChI is InChI=1S/C15H21ClN2O3/c1-10(7-8-19)17-15(20)18-13-6-3-9-21-14-11(13)4-2-5-12(14)16/h2,4-5,10,13,19H,3,6-9H2,1H3,(H2,17,18,20). The van der Waals surface area contributed by atoms with Crippen molar-refractivity contribution in [2.45, 2.75) is 38.3 Å². The fourth-order valence-electron chi connectivity index (χ4n) is 2.41. The number of fused-ring (bicyclic) bond motifs is 1. The first kappa shape index (κ1) is 15.9. The van der Waals surface area contributed by atoms with E-state index in [2.05, 4.69) is 10.6 Å². The second-order valence-electron chi connectivity index (χ2n) is 5.23. The number of para-hydroxylation sites is 1. The highest BCUT2D eigenvalue weighted by molar-refractivity contribution is 6.32. The summed E-state index contributed by atoms with van der Waals surface area (Å²) in [4.78, 5) is 12.0. The number of ether oxygens (including phenoxy) is 1. The predicted molar refractivity (Wildman–Crippen MR) is 81.8 cm³/mol. The Morgan fingerprint density at radius 1 is 1.57 bits per heavy atom. The highest BCUT2D eigenvalue weighted by Gasteiger charge is 2.23. The van der Waals surface area contributed by atoms with Gasteiger partial charge in [-0.3, -0.25) is 0 Å². The molecule has 0 spiro atoms. The van der Waals surface area contributed by atoms with E-state index >= 15 is 0 Å². The first-order valence-corrected chi connectivity index (χ1v) is 7.58. The number of aliphatic hydroxyl groups is 1. The van der Waals surface area contributed by atoms with Crippen molar-refractivity contribution in [1.29, 1.82) is 0 Å². The summed E-state index contributed by atoms with van der Waals surface area (Å²) < 4.78 is 5.67. The molecule has 21 heavy (non-hydrogen) atoms. The smallest absolute Gasteiger partial charge is 0.315 e. The van der Waals surface area contributed by atoms with Crippen molar-refractivity contribution < 1.29 is 14.6 Å². The molecule has 0 radical (unpaired) electrons. The van der Waals surface area contributed by atoms with Gasteiger partial charge in [-0.25, -0.2) is 4.79 Å². The molecule has 2 unspecified atom stereocenters. The number of carbonyl (C=O) groups excluding carboxylic acids is 1. The maximum atomic E-state index is 12.0. The lowest BCUT2D eigenvalue weighted by Gasteiger charge is -2.21. The monoisotopic (exact) mass is 312 g/mol. The summed E-state index contributed by atoms with van der Waals surface area (Å²) in [7, 11) is 0.